The molecule has 0 fully saturated rings. The maximum absolute atomic E-state index is 12.8. The Morgan fingerprint density at radius 1 is 1.09 bits per heavy atom. The van der Waals surface area contributed by atoms with Gasteiger partial charge < -0.3 is 4.52 Å². The van der Waals surface area contributed by atoms with Crippen molar-refractivity contribution in [3.05, 3.63) is 71.0 Å². The second-order valence-electron chi connectivity index (χ2n) is 7.72. The molecule has 2 N–H and O–H groups in total. The van der Waals surface area contributed by atoms with Crippen molar-refractivity contribution in [1.82, 2.24) is 19.9 Å². The van der Waals surface area contributed by atoms with E-state index >= 15 is 0 Å². The summed E-state index contributed by atoms with van der Waals surface area (Å²) >= 11 is 0. The molecule has 178 valence electrons. The van der Waals surface area contributed by atoms with Gasteiger partial charge in [0.1, 0.15) is 0 Å². The lowest BCUT2D eigenvalue weighted by Gasteiger charge is -2.08. The molecule has 12 heteroatoms. The maximum Gasteiger partial charge on any atom is 0.416 e. The van der Waals surface area contributed by atoms with Crippen LogP contribution in [0.25, 0.3) is 22.8 Å². The van der Waals surface area contributed by atoms with Crippen LogP contribution in [0.2, 0.25) is 0 Å². The predicted molar refractivity (Wildman–Crippen MR) is 117 cm³/mol. The molecule has 2 aromatic carbocycles. The van der Waals surface area contributed by atoms with E-state index in [1.54, 1.807) is 24.7 Å². The van der Waals surface area contributed by atoms with E-state index in [1.807, 2.05) is 0 Å². The zero-order valence-electron chi connectivity index (χ0n) is 18.2. The monoisotopic (exact) mass is 491 g/mol. The number of aromatic nitrogens is 4. The normalized spacial score (nSPS) is 12.3. The van der Waals surface area contributed by atoms with Crippen LogP contribution < -0.4 is 5.14 Å². The molecule has 2 aromatic heterocycles. The number of nitrogens with zero attached hydrogens (tertiary/aromatic N) is 4. The van der Waals surface area contributed by atoms with E-state index in [1.165, 1.54) is 30.3 Å². The molecule has 0 radical (unpaired) electrons. The van der Waals surface area contributed by atoms with Crippen LogP contribution in [-0.4, -0.2) is 28.3 Å². The van der Waals surface area contributed by atoms with Crippen molar-refractivity contribution >= 4 is 10.0 Å². The van der Waals surface area contributed by atoms with Crippen LogP contribution >= 0.6 is 0 Å². The van der Waals surface area contributed by atoms with Gasteiger partial charge in [-0.3, -0.25) is 4.68 Å². The van der Waals surface area contributed by atoms with Gasteiger partial charge in [-0.2, -0.15) is 23.3 Å². The molecule has 0 saturated heterocycles. The van der Waals surface area contributed by atoms with Crippen molar-refractivity contribution in [2.45, 2.75) is 30.8 Å². The van der Waals surface area contributed by atoms with Crippen molar-refractivity contribution < 1.29 is 26.1 Å². The highest BCUT2D eigenvalue weighted by Crippen LogP contribution is 2.31. The van der Waals surface area contributed by atoms with Gasteiger partial charge in [0.05, 0.1) is 27.4 Å². The molecule has 2 heterocycles. The van der Waals surface area contributed by atoms with E-state index in [0.29, 0.717) is 29.7 Å². The van der Waals surface area contributed by atoms with Gasteiger partial charge in [0.2, 0.25) is 15.8 Å². The SMILES string of the molecule is Cc1nn(C)c(CCc2ccc(C(F)(F)F)cc2)c1-c1nc(-c2cccc(S(N)(=O)=O)c2)no1. The Bertz CT molecular complexity index is 1440. The molecule has 0 unspecified atom stereocenters. The number of aryl methyl sites for hydroxylation is 3. The van der Waals surface area contributed by atoms with E-state index in [4.69, 9.17) is 9.66 Å². The molecule has 34 heavy (non-hydrogen) atoms. The Kier molecular flexibility index (Phi) is 6.04. The number of sulfonamides is 1. The molecule has 0 saturated carbocycles. The number of hydrogen-bond acceptors (Lipinski definition) is 6. The molecular weight excluding hydrogens is 471 g/mol. The van der Waals surface area contributed by atoms with E-state index < -0.39 is 21.8 Å². The van der Waals surface area contributed by atoms with Gasteiger partial charge in [-0.15, -0.1) is 0 Å². The Balaban J connectivity index is 1.61. The van der Waals surface area contributed by atoms with Crippen LogP contribution in [0.1, 0.15) is 22.5 Å². The first-order chi connectivity index (χ1) is 15.9. The minimum atomic E-state index is -4.38. The van der Waals surface area contributed by atoms with Crippen LogP contribution in [0.5, 0.6) is 0 Å². The Morgan fingerprint density at radius 3 is 2.44 bits per heavy atom. The first-order valence-corrected chi connectivity index (χ1v) is 11.6. The van der Waals surface area contributed by atoms with Crippen LogP contribution in [0.4, 0.5) is 13.2 Å². The largest absolute Gasteiger partial charge is 0.416 e. The topological polar surface area (TPSA) is 117 Å². The molecule has 0 aliphatic heterocycles. The number of rotatable bonds is 6. The highest BCUT2D eigenvalue weighted by atomic mass is 32.2. The standard InChI is InChI=1S/C22H20F3N5O3S/c1-13-19(21-27-20(29-33-21)15-4-3-5-17(12-15)34(26,31)32)18(30(2)28-13)11-8-14-6-9-16(10-7-14)22(23,24)25/h3-7,9-10,12H,8,11H2,1-2H3,(H2,26,31,32). The lowest BCUT2D eigenvalue weighted by Crippen LogP contribution is -2.11. The Labute approximate surface area is 193 Å². The molecule has 4 aromatic rings. The third kappa shape index (κ3) is 4.87. The summed E-state index contributed by atoms with van der Waals surface area (Å²) in [6, 6.07) is 10.9. The third-order valence-electron chi connectivity index (χ3n) is 5.33. The second kappa shape index (κ2) is 8.69. The quantitative estimate of drug-likeness (QED) is 0.437. The molecule has 0 amide bonds. The highest BCUT2D eigenvalue weighted by Gasteiger charge is 2.30. The zero-order valence-corrected chi connectivity index (χ0v) is 19.0. The summed E-state index contributed by atoms with van der Waals surface area (Å²) in [6.07, 6.45) is -3.44. The van der Waals surface area contributed by atoms with Crippen molar-refractivity contribution in [3.63, 3.8) is 0 Å². The summed E-state index contributed by atoms with van der Waals surface area (Å²) < 4.78 is 68.8. The van der Waals surface area contributed by atoms with Crippen LogP contribution in [-0.2, 0) is 36.1 Å². The van der Waals surface area contributed by atoms with Crippen LogP contribution in [0, 0.1) is 6.92 Å². The van der Waals surface area contributed by atoms with E-state index in [-0.39, 0.29) is 16.6 Å². The van der Waals surface area contributed by atoms with Gasteiger partial charge in [-0.25, -0.2) is 13.6 Å². The number of nitrogens with two attached hydrogens (primary N) is 1. The Morgan fingerprint density at radius 2 is 1.79 bits per heavy atom. The molecule has 0 aliphatic rings. The molecule has 0 aliphatic carbocycles. The second-order valence-corrected chi connectivity index (χ2v) is 9.28. The minimum Gasteiger partial charge on any atom is -0.333 e. The number of benzene rings is 2. The summed E-state index contributed by atoms with van der Waals surface area (Å²) in [7, 11) is -2.14. The molecule has 0 atom stereocenters. The van der Waals surface area contributed by atoms with E-state index in [9.17, 15) is 21.6 Å². The lowest BCUT2D eigenvalue weighted by atomic mass is 10.0. The number of hydrogen-bond donors (Lipinski definition) is 1. The van der Waals surface area contributed by atoms with Gasteiger partial charge in [0, 0.05) is 12.6 Å². The smallest absolute Gasteiger partial charge is 0.333 e. The van der Waals surface area contributed by atoms with Crippen molar-refractivity contribution in [2.24, 2.45) is 12.2 Å². The third-order valence-corrected chi connectivity index (χ3v) is 6.24. The summed E-state index contributed by atoms with van der Waals surface area (Å²) in [6.45, 7) is 1.78. The zero-order chi connectivity index (χ0) is 24.7. The van der Waals surface area contributed by atoms with Gasteiger partial charge in [0.25, 0.3) is 5.89 Å². The number of alkyl halides is 3. The number of primary sulfonamides is 1. The van der Waals surface area contributed by atoms with Crippen LogP contribution in [0.15, 0.2) is 57.9 Å². The Hall–Kier alpha value is -3.51. The average molecular weight is 491 g/mol. The molecular formula is C22H20F3N5O3S. The minimum absolute atomic E-state index is 0.0776. The fraction of sp³-hybridized carbons (Fsp3) is 0.227. The molecule has 4 rings (SSSR count). The predicted octanol–water partition coefficient (Wildman–Crippen LogP) is 3.90. The first kappa shape index (κ1) is 23.6. The van der Waals surface area contributed by atoms with Crippen molar-refractivity contribution in [1.29, 1.82) is 0 Å². The van der Waals surface area contributed by atoms with Gasteiger partial charge in [-0.05, 0) is 49.6 Å². The molecule has 8 nitrogen and oxygen atoms in total. The fourth-order valence-electron chi connectivity index (χ4n) is 3.65. The summed E-state index contributed by atoms with van der Waals surface area (Å²) in [5.74, 6) is 0.376. The van der Waals surface area contributed by atoms with Crippen LogP contribution in [0.3, 0.4) is 0 Å². The van der Waals surface area contributed by atoms with E-state index in [2.05, 4.69) is 15.2 Å². The lowest BCUT2D eigenvalue weighted by molar-refractivity contribution is -0.137. The molecule has 0 spiro atoms. The molecule has 0 bridgehead atoms. The first-order valence-electron chi connectivity index (χ1n) is 10.1. The average Bonchev–Trinajstić information content (AvgIpc) is 3.35. The van der Waals surface area contributed by atoms with Gasteiger partial charge in [-0.1, -0.05) is 29.4 Å². The highest BCUT2D eigenvalue weighted by molar-refractivity contribution is 7.89. The van der Waals surface area contributed by atoms with Gasteiger partial charge >= 0.3 is 6.18 Å². The fourth-order valence-corrected chi connectivity index (χ4v) is 4.21. The van der Waals surface area contributed by atoms with Gasteiger partial charge in [0.15, 0.2) is 0 Å². The van der Waals surface area contributed by atoms with Crippen molar-refractivity contribution in [3.8, 4) is 22.8 Å². The maximum atomic E-state index is 12.8. The van der Waals surface area contributed by atoms with E-state index in [0.717, 1.165) is 23.4 Å². The number of halogens is 3. The summed E-state index contributed by atoms with van der Waals surface area (Å²) in [4.78, 5) is 4.33. The summed E-state index contributed by atoms with van der Waals surface area (Å²) in [5.41, 5.74) is 2.48. The van der Waals surface area contributed by atoms with Crippen molar-refractivity contribution in [2.75, 3.05) is 0 Å². The summed E-state index contributed by atoms with van der Waals surface area (Å²) in [5, 5.41) is 13.6.